The highest BCUT2D eigenvalue weighted by molar-refractivity contribution is 5.67. The Morgan fingerprint density at radius 3 is 2.04 bits per heavy atom. The summed E-state index contributed by atoms with van der Waals surface area (Å²) >= 11 is 0. The topological polar surface area (TPSA) is 66.8 Å². The van der Waals surface area contributed by atoms with Gasteiger partial charge in [-0.1, -0.05) is 12.1 Å². The van der Waals surface area contributed by atoms with E-state index in [1.54, 1.807) is 0 Å². The molecule has 0 saturated heterocycles. The van der Waals surface area contributed by atoms with E-state index in [2.05, 4.69) is 0 Å². The van der Waals surface area contributed by atoms with E-state index >= 15 is 0 Å². The van der Waals surface area contributed by atoms with Gasteiger partial charge in [-0.25, -0.2) is 0 Å². The largest absolute Gasteiger partial charge is 0.496 e. The van der Waals surface area contributed by atoms with E-state index in [1.807, 2.05) is 0 Å². The summed E-state index contributed by atoms with van der Waals surface area (Å²) in [6, 6.07) is 1.71. The summed E-state index contributed by atoms with van der Waals surface area (Å²) in [5.74, 6) is -1.58. The first-order chi connectivity index (χ1) is 10.3. The summed E-state index contributed by atoms with van der Waals surface area (Å²) in [6.45, 7) is 0. The average Bonchev–Trinajstić information content (AvgIpc) is 2.41. The third-order valence-electron chi connectivity index (χ3n) is 3.13. The number of aryl methyl sites for hydroxylation is 1. The van der Waals surface area contributed by atoms with Crippen molar-refractivity contribution in [1.29, 1.82) is 0 Å². The fourth-order valence-corrected chi connectivity index (χ4v) is 1.91. The smallest absolute Gasteiger partial charge is 0.430 e. The number of rotatable bonds is 5. The number of carboxylic acids is 1. The van der Waals surface area contributed by atoms with Gasteiger partial charge < -0.3 is 14.9 Å². The second kappa shape index (κ2) is 6.26. The fraction of sp³-hybridized carbons (Fsp3) is 0.462. The van der Waals surface area contributed by atoms with Crippen LogP contribution in [0.4, 0.5) is 26.3 Å². The highest BCUT2D eigenvalue weighted by atomic mass is 19.4. The minimum absolute atomic E-state index is 0.102. The Labute approximate surface area is 126 Å². The van der Waals surface area contributed by atoms with E-state index in [4.69, 9.17) is 9.84 Å². The summed E-state index contributed by atoms with van der Waals surface area (Å²) in [5, 5.41) is 17.8. The lowest BCUT2D eigenvalue weighted by Gasteiger charge is -2.33. The van der Waals surface area contributed by atoms with Crippen LogP contribution in [-0.2, 0) is 16.8 Å². The van der Waals surface area contributed by atoms with Gasteiger partial charge in [-0.15, -0.1) is 0 Å². The average molecular weight is 346 g/mol. The van der Waals surface area contributed by atoms with Crippen LogP contribution < -0.4 is 4.74 Å². The van der Waals surface area contributed by atoms with Gasteiger partial charge in [0.05, 0.1) is 7.11 Å². The number of hydrogen-bond acceptors (Lipinski definition) is 3. The van der Waals surface area contributed by atoms with E-state index in [-0.39, 0.29) is 17.7 Å². The maximum Gasteiger partial charge on any atom is 0.430 e. The van der Waals surface area contributed by atoms with Gasteiger partial charge in [0.15, 0.2) is 0 Å². The molecule has 2 N–H and O–H groups in total. The van der Waals surface area contributed by atoms with Crippen LogP contribution in [0.25, 0.3) is 0 Å². The monoisotopic (exact) mass is 346 g/mol. The zero-order chi connectivity index (χ0) is 18.1. The van der Waals surface area contributed by atoms with E-state index in [1.165, 1.54) is 0 Å². The standard InChI is InChI=1S/C13H12F6O4/c1-23-9-6-8(4-2-7(9)3-5-10(20)21)11(22,12(14,15)16)13(17,18)19/h2,4,6,22H,3,5H2,1H3,(H,20,21). The molecule has 1 rings (SSSR count). The zero-order valence-corrected chi connectivity index (χ0v) is 11.6. The molecule has 0 spiro atoms. The molecule has 23 heavy (non-hydrogen) atoms. The lowest BCUT2D eigenvalue weighted by molar-refractivity contribution is -0.376. The number of hydrogen-bond donors (Lipinski definition) is 2. The molecule has 1 aromatic carbocycles. The predicted molar refractivity (Wildman–Crippen MR) is 65.0 cm³/mol. The summed E-state index contributed by atoms with van der Waals surface area (Å²) in [6.07, 6.45) is -12.6. The molecule has 0 saturated carbocycles. The highest BCUT2D eigenvalue weighted by Crippen LogP contribution is 2.50. The van der Waals surface area contributed by atoms with Gasteiger partial charge in [0, 0.05) is 12.0 Å². The third-order valence-corrected chi connectivity index (χ3v) is 3.13. The molecule has 0 amide bonds. The Balaban J connectivity index is 3.39. The molecule has 0 aliphatic heterocycles. The Bertz CT molecular complexity index is 565. The van der Waals surface area contributed by atoms with Crippen molar-refractivity contribution >= 4 is 5.97 Å². The Kier molecular flexibility index (Phi) is 5.20. The quantitative estimate of drug-likeness (QED) is 0.805. The number of ether oxygens (including phenoxy) is 1. The molecule has 0 heterocycles. The molecule has 0 bridgehead atoms. The van der Waals surface area contributed by atoms with Crippen LogP contribution in [0, 0.1) is 0 Å². The molecule has 0 atom stereocenters. The number of carboxylic acid groups (broad SMARTS) is 1. The lowest BCUT2D eigenvalue weighted by Crippen LogP contribution is -2.53. The Hall–Kier alpha value is -1.97. The van der Waals surface area contributed by atoms with Crippen molar-refractivity contribution in [3.8, 4) is 5.75 Å². The molecular formula is C13H12F6O4. The molecule has 10 heteroatoms. The summed E-state index contributed by atoms with van der Waals surface area (Å²) in [4.78, 5) is 10.5. The van der Waals surface area contributed by atoms with Crippen LogP contribution >= 0.6 is 0 Å². The van der Waals surface area contributed by atoms with Gasteiger partial charge in [-0.3, -0.25) is 4.79 Å². The van der Waals surface area contributed by atoms with E-state index < -0.39 is 35.9 Å². The number of carbonyl (C=O) groups is 1. The fourth-order valence-electron chi connectivity index (χ4n) is 1.91. The molecule has 0 unspecified atom stereocenters. The van der Waals surface area contributed by atoms with Crippen LogP contribution in [0.5, 0.6) is 5.75 Å². The van der Waals surface area contributed by atoms with Crippen molar-refractivity contribution in [3.05, 3.63) is 29.3 Å². The number of aliphatic carboxylic acids is 1. The summed E-state index contributed by atoms with van der Waals surface area (Å²) < 4.78 is 81.4. The molecule has 1 aromatic rings. The Morgan fingerprint density at radius 2 is 1.65 bits per heavy atom. The first kappa shape index (κ1) is 19.1. The maximum absolute atomic E-state index is 12.8. The molecule has 130 valence electrons. The van der Waals surface area contributed by atoms with Gasteiger partial charge >= 0.3 is 18.3 Å². The maximum atomic E-state index is 12.8. The molecule has 0 fully saturated rings. The van der Waals surface area contributed by atoms with Crippen LogP contribution in [0.3, 0.4) is 0 Å². The zero-order valence-electron chi connectivity index (χ0n) is 11.6. The van der Waals surface area contributed by atoms with Gasteiger partial charge in [0.25, 0.3) is 5.60 Å². The number of aliphatic hydroxyl groups is 1. The third kappa shape index (κ3) is 3.69. The Morgan fingerprint density at radius 1 is 1.13 bits per heavy atom. The molecule has 0 aliphatic carbocycles. The minimum Gasteiger partial charge on any atom is -0.496 e. The number of methoxy groups -OCH3 is 1. The van der Waals surface area contributed by atoms with Crippen molar-refractivity contribution in [2.45, 2.75) is 30.8 Å². The van der Waals surface area contributed by atoms with Crippen LogP contribution in [-0.4, -0.2) is 35.6 Å². The minimum atomic E-state index is -6.00. The van der Waals surface area contributed by atoms with Gasteiger partial charge in [0.2, 0.25) is 0 Å². The summed E-state index contributed by atoms with van der Waals surface area (Å²) in [5.41, 5.74) is -6.42. The molecule has 0 aromatic heterocycles. The van der Waals surface area contributed by atoms with E-state index in [0.717, 1.165) is 13.2 Å². The highest BCUT2D eigenvalue weighted by Gasteiger charge is 2.71. The predicted octanol–water partition coefficient (Wildman–Crippen LogP) is 3.02. The van der Waals surface area contributed by atoms with Crippen molar-refractivity contribution in [3.63, 3.8) is 0 Å². The van der Waals surface area contributed by atoms with Crippen molar-refractivity contribution in [2.24, 2.45) is 0 Å². The second-order valence-electron chi connectivity index (χ2n) is 4.63. The first-order valence-electron chi connectivity index (χ1n) is 6.09. The van der Waals surface area contributed by atoms with Crippen LogP contribution in [0.1, 0.15) is 17.5 Å². The molecular weight excluding hydrogens is 334 g/mol. The summed E-state index contributed by atoms with van der Waals surface area (Å²) in [7, 11) is 1.00. The first-order valence-corrected chi connectivity index (χ1v) is 6.09. The van der Waals surface area contributed by atoms with E-state index in [0.29, 0.717) is 12.1 Å². The normalized spacial score (nSPS) is 13.0. The van der Waals surface area contributed by atoms with E-state index in [9.17, 15) is 36.2 Å². The molecule has 0 radical (unpaired) electrons. The van der Waals surface area contributed by atoms with Crippen molar-refractivity contribution in [2.75, 3.05) is 7.11 Å². The molecule has 0 aliphatic rings. The molecule has 4 nitrogen and oxygen atoms in total. The van der Waals surface area contributed by atoms with Crippen molar-refractivity contribution in [1.82, 2.24) is 0 Å². The second-order valence-corrected chi connectivity index (χ2v) is 4.63. The van der Waals surface area contributed by atoms with Crippen LogP contribution in [0.15, 0.2) is 18.2 Å². The van der Waals surface area contributed by atoms with Crippen LogP contribution in [0.2, 0.25) is 0 Å². The SMILES string of the molecule is COc1cc(C(O)(C(F)(F)F)C(F)(F)F)ccc1CCC(=O)O. The number of alkyl halides is 6. The van der Waals surface area contributed by atoms with Gasteiger partial charge in [-0.2, -0.15) is 26.3 Å². The lowest BCUT2D eigenvalue weighted by atomic mass is 9.90. The number of benzene rings is 1. The van der Waals surface area contributed by atoms with Crippen molar-refractivity contribution < 1.29 is 46.1 Å². The van der Waals surface area contributed by atoms with Gasteiger partial charge in [-0.05, 0) is 18.1 Å². The number of halogens is 6. The van der Waals surface area contributed by atoms with Gasteiger partial charge in [0.1, 0.15) is 5.75 Å².